The number of pyridine rings is 1. The van der Waals surface area contributed by atoms with E-state index in [1.807, 2.05) is 36.4 Å². The second kappa shape index (κ2) is 7.15. The number of para-hydroxylation sites is 1. The molecule has 30 heavy (non-hydrogen) atoms. The molecule has 6 heteroatoms. The Bertz CT molecular complexity index is 1390. The van der Waals surface area contributed by atoms with E-state index in [9.17, 15) is 4.39 Å². The second-order valence-electron chi connectivity index (χ2n) is 6.86. The van der Waals surface area contributed by atoms with E-state index in [0.717, 1.165) is 33.3 Å². The molecular formula is C24H18FN3O2. The van der Waals surface area contributed by atoms with E-state index in [2.05, 4.69) is 9.97 Å². The van der Waals surface area contributed by atoms with Crippen molar-refractivity contribution in [2.75, 3.05) is 14.2 Å². The van der Waals surface area contributed by atoms with E-state index in [4.69, 9.17) is 9.47 Å². The van der Waals surface area contributed by atoms with Crippen molar-refractivity contribution >= 4 is 21.9 Å². The monoisotopic (exact) mass is 399 g/mol. The van der Waals surface area contributed by atoms with Crippen molar-refractivity contribution in [1.82, 2.24) is 14.5 Å². The summed E-state index contributed by atoms with van der Waals surface area (Å²) >= 11 is 0. The van der Waals surface area contributed by atoms with Gasteiger partial charge in [-0.2, -0.15) is 0 Å². The minimum Gasteiger partial charge on any atom is -0.497 e. The number of hydrogen-bond acceptors (Lipinski definition) is 4. The molecule has 0 radical (unpaired) electrons. The predicted octanol–water partition coefficient (Wildman–Crippen LogP) is 5.40. The van der Waals surface area contributed by atoms with Gasteiger partial charge in [-0.3, -0.25) is 9.55 Å². The average molecular weight is 399 g/mol. The standard InChI is InChI=1S/C24H18FN3O2/c1-29-16-8-9-17(23(12-16)30-2)15-7-10-20-18(11-15)24-21(13-26-20)27-14-28(24)22-6-4-3-5-19(22)25/h3-14H,1-2H3. The van der Waals surface area contributed by atoms with Gasteiger partial charge in [0.25, 0.3) is 0 Å². The molecule has 2 aromatic heterocycles. The zero-order chi connectivity index (χ0) is 20.7. The molecule has 0 bridgehead atoms. The van der Waals surface area contributed by atoms with E-state index in [1.54, 1.807) is 49.5 Å². The van der Waals surface area contributed by atoms with Crippen molar-refractivity contribution in [3.63, 3.8) is 0 Å². The highest BCUT2D eigenvalue weighted by Crippen LogP contribution is 2.36. The van der Waals surface area contributed by atoms with Crippen molar-refractivity contribution in [3.05, 3.63) is 79.0 Å². The first kappa shape index (κ1) is 18.1. The number of nitrogens with zero attached hydrogens (tertiary/aromatic N) is 3. The van der Waals surface area contributed by atoms with Crippen LogP contribution in [0.1, 0.15) is 0 Å². The predicted molar refractivity (Wildman–Crippen MR) is 115 cm³/mol. The van der Waals surface area contributed by atoms with Gasteiger partial charge < -0.3 is 9.47 Å². The van der Waals surface area contributed by atoms with Crippen molar-refractivity contribution in [1.29, 1.82) is 0 Å². The lowest BCUT2D eigenvalue weighted by Crippen LogP contribution is -1.97. The quantitative estimate of drug-likeness (QED) is 0.406. The van der Waals surface area contributed by atoms with Crippen LogP contribution in [0.2, 0.25) is 0 Å². The van der Waals surface area contributed by atoms with Crippen LogP contribution in [-0.4, -0.2) is 28.8 Å². The number of aromatic nitrogens is 3. The molecule has 0 unspecified atom stereocenters. The molecule has 0 saturated heterocycles. The largest absolute Gasteiger partial charge is 0.497 e. The van der Waals surface area contributed by atoms with E-state index >= 15 is 0 Å². The fraction of sp³-hybridized carbons (Fsp3) is 0.0833. The molecule has 148 valence electrons. The molecule has 0 amide bonds. The molecule has 0 fully saturated rings. The van der Waals surface area contributed by atoms with Crippen LogP contribution in [0.5, 0.6) is 11.5 Å². The highest BCUT2D eigenvalue weighted by atomic mass is 19.1. The lowest BCUT2D eigenvalue weighted by atomic mass is 10.0. The van der Waals surface area contributed by atoms with E-state index in [0.29, 0.717) is 17.0 Å². The van der Waals surface area contributed by atoms with Crippen molar-refractivity contribution in [3.8, 4) is 28.3 Å². The van der Waals surface area contributed by atoms with E-state index in [1.165, 1.54) is 6.07 Å². The Morgan fingerprint density at radius 1 is 0.867 bits per heavy atom. The van der Waals surface area contributed by atoms with Gasteiger partial charge in [0.05, 0.1) is 37.1 Å². The molecule has 2 heterocycles. The Morgan fingerprint density at radius 3 is 2.53 bits per heavy atom. The molecule has 5 aromatic rings. The van der Waals surface area contributed by atoms with Crippen LogP contribution in [0, 0.1) is 5.82 Å². The fourth-order valence-electron chi connectivity index (χ4n) is 3.73. The topological polar surface area (TPSA) is 49.2 Å². The van der Waals surface area contributed by atoms with Gasteiger partial charge in [0.1, 0.15) is 29.2 Å². The molecule has 5 nitrogen and oxygen atoms in total. The molecule has 0 aliphatic heterocycles. The van der Waals surface area contributed by atoms with Crippen molar-refractivity contribution in [2.24, 2.45) is 0 Å². The first-order chi connectivity index (χ1) is 14.7. The highest BCUT2D eigenvalue weighted by molar-refractivity contribution is 6.04. The number of hydrogen-bond donors (Lipinski definition) is 0. The van der Waals surface area contributed by atoms with Gasteiger partial charge in [-0.1, -0.05) is 18.2 Å². The first-order valence-corrected chi connectivity index (χ1v) is 9.42. The Balaban J connectivity index is 1.78. The summed E-state index contributed by atoms with van der Waals surface area (Å²) in [5.41, 5.74) is 4.63. The van der Waals surface area contributed by atoms with Crippen LogP contribution in [0.4, 0.5) is 4.39 Å². The molecule has 0 aliphatic carbocycles. The SMILES string of the molecule is COc1ccc(-c2ccc3ncc4ncn(-c5ccccc5F)c4c3c2)c(OC)c1. The Labute approximate surface area is 172 Å². The summed E-state index contributed by atoms with van der Waals surface area (Å²) in [6, 6.07) is 18.3. The number of methoxy groups -OCH3 is 2. The van der Waals surface area contributed by atoms with Gasteiger partial charge in [-0.15, -0.1) is 0 Å². The maximum absolute atomic E-state index is 14.5. The van der Waals surface area contributed by atoms with E-state index < -0.39 is 0 Å². The molecule has 3 aromatic carbocycles. The highest BCUT2D eigenvalue weighted by Gasteiger charge is 2.14. The third-order valence-electron chi connectivity index (χ3n) is 5.21. The summed E-state index contributed by atoms with van der Waals surface area (Å²) < 4.78 is 27.1. The third kappa shape index (κ3) is 2.85. The van der Waals surface area contributed by atoms with Crippen LogP contribution >= 0.6 is 0 Å². The fourth-order valence-corrected chi connectivity index (χ4v) is 3.73. The van der Waals surface area contributed by atoms with Crippen LogP contribution in [-0.2, 0) is 0 Å². The van der Waals surface area contributed by atoms with Gasteiger partial charge >= 0.3 is 0 Å². The smallest absolute Gasteiger partial charge is 0.147 e. The number of benzene rings is 3. The molecule has 0 atom stereocenters. The minimum atomic E-state index is -0.310. The molecule has 5 rings (SSSR count). The molecule has 0 spiro atoms. The number of ether oxygens (including phenoxy) is 2. The Hall–Kier alpha value is -3.93. The zero-order valence-electron chi connectivity index (χ0n) is 16.5. The first-order valence-electron chi connectivity index (χ1n) is 9.42. The summed E-state index contributed by atoms with van der Waals surface area (Å²) in [5.74, 6) is 1.12. The number of imidazole rings is 1. The zero-order valence-corrected chi connectivity index (χ0v) is 16.5. The summed E-state index contributed by atoms with van der Waals surface area (Å²) in [4.78, 5) is 8.96. The maximum Gasteiger partial charge on any atom is 0.147 e. The van der Waals surface area contributed by atoms with Gasteiger partial charge in [-0.05, 0) is 42.0 Å². The summed E-state index contributed by atoms with van der Waals surface area (Å²) in [6.45, 7) is 0. The van der Waals surface area contributed by atoms with Crippen LogP contribution in [0.3, 0.4) is 0 Å². The Morgan fingerprint density at radius 2 is 1.73 bits per heavy atom. The lowest BCUT2D eigenvalue weighted by Gasteiger charge is -2.12. The lowest BCUT2D eigenvalue weighted by molar-refractivity contribution is 0.395. The molecule has 0 aliphatic rings. The van der Waals surface area contributed by atoms with Gasteiger partial charge in [0.2, 0.25) is 0 Å². The third-order valence-corrected chi connectivity index (χ3v) is 5.21. The van der Waals surface area contributed by atoms with Crippen molar-refractivity contribution < 1.29 is 13.9 Å². The van der Waals surface area contributed by atoms with Crippen molar-refractivity contribution in [2.45, 2.75) is 0 Å². The van der Waals surface area contributed by atoms with Gasteiger partial charge in [0.15, 0.2) is 0 Å². The molecule has 0 saturated carbocycles. The van der Waals surface area contributed by atoms with E-state index in [-0.39, 0.29) is 5.82 Å². The number of fused-ring (bicyclic) bond motifs is 3. The average Bonchev–Trinajstić information content (AvgIpc) is 3.23. The Kier molecular flexibility index (Phi) is 4.32. The summed E-state index contributed by atoms with van der Waals surface area (Å²) in [5, 5.41) is 0.878. The summed E-state index contributed by atoms with van der Waals surface area (Å²) in [6.07, 6.45) is 3.34. The van der Waals surface area contributed by atoms with Crippen LogP contribution < -0.4 is 9.47 Å². The minimum absolute atomic E-state index is 0.310. The summed E-state index contributed by atoms with van der Waals surface area (Å²) in [7, 11) is 3.25. The van der Waals surface area contributed by atoms with Crippen LogP contribution in [0.25, 0.3) is 38.8 Å². The van der Waals surface area contributed by atoms with Crippen LogP contribution in [0.15, 0.2) is 73.2 Å². The van der Waals surface area contributed by atoms with Gasteiger partial charge in [0, 0.05) is 17.0 Å². The molecular weight excluding hydrogens is 381 g/mol. The number of halogens is 1. The van der Waals surface area contributed by atoms with Gasteiger partial charge in [-0.25, -0.2) is 9.37 Å². The maximum atomic E-state index is 14.5. The molecule has 0 N–H and O–H groups in total. The number of rotatable bonds is 4. The normalized spacial score (nSPS) is 11.2. The second-order valence-corrected chi connectivity index (χ2v) is 6.86.